The lowest BCUT2D eigenvalue weighted by atomic mass is 10.2. The minimum Gasteiger partial charge on any atom is -0.490 e. The number of hydrogen-bond donors (Lipinski definition) is 2. The fourth-order valence-corrected chi connectivity index (χ4v) is 2.38. The molecule has 4 nitrogen and oxygen atoms in total. The molecule has 0 saturated carbocycles. The van der Waals surface area contributed by atoms with Gasteiger partial charge in [-0.15, -0.1) is 0 Å². The minimum absolute atomic E-state index is 0.290. The molecule has 104 valence electrons. The minimum atomic E-state index is -0.504. The Kier molecular flexibility index (Phi) is 5.13. The van der Waals surface area contributed by atoms with E-state index in [9.17, 15) is 5.11 Å². The molecule has 19 heavy (non-hydrogen) atoms. The molecule has 0 saturated heterocycles. The summed E-state index contributed by atoms with van der Waals surface area (Å²) in [7, 11) is 0. The number of aliphatic hydroxyl groups is 1. The average molecular weight is 280 g/mol. The van der Waals surface area contributed by atoms with Gasteiger partial charge in [-0.05, 0) is 37.0 Å². The van der Waals surface area contributed by atoms with Crippen molar-refractivity contribution in [3.8, 4) is 5.75 Å². The van der Waals surface area contributed by atoms with Crippen LogP contribution in [0.15, 0.2) is 24.4 Å². The van der Waals surface area contributed by atoms with E-state index in [1.54, 1.807) is 6.20 Å². The van der Waals surface area contributed by atoms with Crippen molar-refractivity contribution in [3.05, 3.63) is 24.4 Å². The van der Waals surface area contributed by atoms with Crippen LogP contribution in [0.2, 0.25) is 0 Å². The van der Waals surface area contributed by atoms with Crippen LogP contribution in [0.5, 0.6) is 5.75 Å². The number of nitrogens with one attached hydrogen (secondary N) is 1. The van der Waals surface area contributed by atoms with Gasteiger partial charge < -0.3 is 15.2 Å². The number of ether oxygens (including phenoxy) is 1. The average Bonchev–Trinajstić information content (AvgIpc) is 2.91. The maximum Gasteiger partial charge on any atom is 0.129 e. The molecule has 2 unspecified atom stereocenters. The van der Waals surface area contributed by atoms with E-state index >= 15 is 0 Å². The predicted octanol–water partition coefficient (Wildman–Crippen LogP) is 2.42. The van der Waals surface area contributed by atoms with Crippen molar-refractivity contribution in [2.24, 2.45) is 0 Å². The van der Waals surface area contributed by atoms with Crippen molar-refractivity contribution < 1.29 is 9.84 Å². The van der Waals surface area contributed by atoms with Crippen LogP contribution in [0.3, 0.4) is 0 Å². The quantitative estimate of drug-likeness (QED) is 0.818. The van der Waals surface area contributed by atoms with E-state index in [1.165, 1.54) is 11.5 Å². The first-order chi connectivity index (χ1) is 9.20. The number of aromatic nitrogens is 1. The second kappa shape index (κ2) is 6.84. The third-order valence-electron chi connectivity index (χ3n) is 3.10. The normalized spacial score (nSPS) is 14.5. The molecule has 0 fully saturated rings. The SMILES string of the molecule is CCC(C)NCC(O)COc1cccc2sncc12. The molecule has 2 aromatic rings. The van der Waals surface area contributed by atoms with Crippen LogP contribution in [0.25, 0.3) is 10.1 Å². The topological polar surface area (TPSA) is 54.4 Å². The van der Waals surface area contributed by atoms with Gasteiger partial charge in [-0.3, -0.25) is 0 Å². The second-order valence-electron chi connectivity index (χ2n) is 4.68. The van der Waals surface area contributed by atoms with E-state index in [2.05, 4.69) is 23.5 Å². The Morgan fingerprint density at radius 2 is 2.32 bits per heavy atom. The van der Waals surface area contributed by atoms with E-state index in [0.29, 0.717) is 19.2 Å². The Balaban J connectivity index is 1.86. The summed E-state index contributed by atoms with van der Waals surface area (Å²) in [5, 5.41) is 14.1. The van der Waals surface area contributed by atoms with Gasteiger partial charge in [-0.2, -0.15) is 4.37 Å². The van der Waals surface area contributed by atoms with Gasteiger partial charge >= 0.3 is 0 Å². The van der Waals surface area contributed by atoms with Crippen LogP contribution in [-0.2, 0) is 0 Å². The van der Waals surface area contributed by atoms with E-state index in [-0.39, 0.29) is 0 Å². The highest BCUT2D eigenvalue weighted by atomic mass is 32.1. The van der Waals surface area contributed by atoms with Crippen molar-refractivity contribution >= 4 is 21.6 Å². The largest absolute Gasteiger partial charge is 0.490 e. The van der Waals surface area contributed by atoms with Crippen LogP contribution in [-0.4, -0.2) is 34.8 Å². The Morgan fingerprint density at radius 3 is 3.11 bits per heavy atom. The van der Waals surface area contributed by atoms with Gasteiger partial charge in [-0.25, -0.2) is 0 Å². The van der Waals surface area contributed by atoms with Gasteiger partial charge in [0.1, 0.15) is 18.5 Å². The zero-order chi connectivity index (χ0) is 13.7. The number of nitrogens with zero attached hydrogens (tertiary/aromatic N) is 1. The zero-order valence-electron chi connectivity index (χ0n) is 11.3. The molecule has 0 aliphatic carbocycles. The molecule has 0 bridgehead atoms. The Morgan fingerprint density at radius 1 is 1.47 bits per heavy atom. The maximum atomic E-state index is 9.88. The highest BCUT2D eigenvalue weighted by molar-refractivity contribution is 7.13. The summed E-state index contributed by atoms with van der Waals surface area (Å²) in [5.74, 6) is 0.786. The van der Waals surface area contributed by atoms with Crippen LogP contribution >= 0.6 is 11.5 Å². The van der Waals surface area contributed by atoms with Crippen molar-refractivity contribution in [2.75, 3.05) is 13.2 Å². The zero-order valence-corrected chi connectivity index (χ0v) is 12.1. The first kappa shape index (κ1) is 14.2. The molecular weight excluding hydrogens is 260 g/mol. The van der Waals surface area contributed by atoms with E-state index < -0.39 is 6.10 Å². The Labute approximate surface area is 117 Å². The predicted molar refractivity (Wildman–Crippen MR) is 78.9 cm³/mol. The van der Waals surface area contributed by atoms with Crippen LogP contribution in [0, 0.1) is 0 Å². The molecule has 2 rings (SSSR count). The molecule has 2 atom stereocenters. The third kappa shape index (κ3) is 3.89. The van der Waals surface area contributed by atoms with Gasteiger partial charge in [0.25, 0.3) is 0 Å². The van der Waals surface area contributed by atoms with Crippen molar-refractivity contribution in [3.63, 3.8) is 0 Å². The molecule has 0 amide bonds. The molecule has 1 heterocycles. The maximum absolute atomic E-state index is 9.88. The number of fused-ring (bicyclic) bond motifs is 1. The highest BCUT2D eigenvalue weighted by Gasteiger charge is 2.09. The summed E-state index contributed by atoms with van der Waals surface area (Å²) in [6, 6.07) is 6.28. The number of aliphatic hydroxyl groups excluding tert-OH is 1. The fourth-order valence-electron chi connectivity index (χ4n) is 1.72. The molecule has 0 aliphatic heterocycles. The molecular formula is C14H20N2O2S. The Bertz CT molecular complexity index is 515. The van der Waals surface area contributed by atoms with Gasteiger partial charge in [-0.1, -0.05) is 13.0 Å². The summed E-state index contributed by atoms with van der Waals surface area (Å²) in [6.07, 6.45) is 2.35. The van der Waals surface area contributed by atoms with Gasteiger partial charge in [0.2, 0.25) is 0 Å². The van der Waals surface area contributed by atoms with Crippen LogP contribution in [0.4, 0.5) is 0 Å². The monoisotopic (exact) mass is 280 g/mol. The number of rotatable bonds is 7. The molecule has 0 aliphatic rings. The molecule has 1 aromatic heterocycles. The number of hydrogen-bond acceptors (Lipinski definition) is 5. The van der Waals surface area contributed by atoms with Crippen molar-refractivity contribution in [1.29, 1.82) is 0 Å². The standard InChI is InChI=1S/C14H20N2O2S/c1-3-10(2)15-7-11(17)9-18-13-5-4-6-14-12(13)8-16-19-14/h4-6,8,10-11,15,17H,3,7,9H2,1-2H3. The fraction of sp³-hybridized carbons (Fsp3) is 0.500. The smallest absolute Gasteiger partial charge is 0.129 e. The van der Waals surface area contributed by atoms with Crippen LogP contribution in [0.1, 0.15) is 20.3 Å². The summed E-state index contributed by atoms with van der Waals surface area (Å²) in [5.41, 5.74) is 0. The van der Waals surface area contributed by atoms with Gasteiger partial charge in [0.15, 0.2) is 0 Å². The van der Waals surface area contributed by atoms with Crippen LogP contribution < -0.4 is 10.1 Å². The van der Waals surface area contributed by atoms with Gasteiger partial charge in [0.05, 0.1) is 16.3 Å². The molecule has 0 spiro atoms. The molecule has 0 radical (unpaired) electrons. The van der Waals surface area contributed by atoms with E-state index in [0.717, 1.165) is 22.3 Å². The third-order valence-corrected chi connectivity index (χ3v) is 3.87. The van der Waals surface area contributed by atoms with Gasteiger partial charge in [0, 0.05) is 12.6 Å². The highest BCUT2D eigenvalue weighted by Crippen LogP contribution is 2.27. The molecule has 5 heteroatoms. The lowest BCUT2D eigenvalue weighted by molar-refractivity contribution is 0.105. The van der Waals surface area contributed by atoms with E-state index in [4.69, 9.17) is 4.74 Å². The second-order valence-corrected chi connectivity index (χ2v) is 5.51. The number of benzene rings is 1. The first-order valence-corrected chi connectivity index (χ1v) is 7.35. The molecule has 1 aromatic carbocycles. The molecule has 2 N–H and O–H groups in total. The lowest BCUT2D eigenvalue weighted by Crippen LogP contribution is -2.36. The van der Waals surface area contributed by atoms with Crippen molar-refractivity contribution in [2.45, 2.75) is 32.4 Å². The van der Waals surface area contributed by atoms with Crippen molar-refractivity contribution in [1.82, 2.24) is 9.69 Å². The summed E-state index contributed by atoms with van der Waals surface area (Å²) in [6.45, 7) is 5.06. The summed E-state index contributed by atoms with van der Waals surface area (Å²) >= 11 is 1.45. The summed E-state index contributed by atoms with van der Waals surface area (Å²) < 4.78 is 10.9. The lowest BCUT2D eigenvalue weighted by Gasteiger charge is -2.16. The van der Waals surface area contributed by atoms with E-state index in [1.807, 2.05) is 18.2 Å². The Hall–Kier alpha value is -1.17. The summed E-state index contributed by atoms with van der Waals surface area (Å²) in [4.78, 5) is 0. The first-order valence-electron chi connectivity index (χ1n) is 6.58.